The average Bonchev–Trinajstić information content (AvgIpc) is 2.95. The predicted octanol–water partition coefficient (Wildman–Crippen LogP) is 2.69. The Morgan fingerprint density at radius 1 is 1.10 bits per heavy atom. The van der Waals surface area contributed by atoms with Crippen LogP contribution >= 0.6 is 0 Å². The van der Waals surface area contributed by atoms with Gasteiger partial charge in [-0.05, 0) is 44.0 Å². The van der Waals surface area contributed by atoms with Gasteiger partial charge < -0.3 is 5.32 Å². The number of rotatable bonds is 6. The van der Waals surface area contributed by atoms with E-state index in [1.807, 2.05) is 55.8 Å². The Bertz CT molecular complexity index is 1120. The van der Waals surface area contributed by atoms with E-state index in [1.165, 1.54) is 12.1 Å². The van der Waals surface area contributed by atoms with Crippen LogP contribution in [0.2, 0.25) is 0 Å². The molecule has 1 amide bonds. The fourth-order valence-electron chi connectivity index (χ4n) is 3.23. The maximum absolute atomic E-state index is 12.9. The van der Waals surface area contributed by atoms with Crippen molar-refractivity contribution in [3.63, 3.8) is 0 Å². The van der Waals surface area contributed by atoms with Gasteiger partial charge in [0.15, 0.2) is 0 Å². The number of nitrogens with zero attached hydrogens (tertiary/aromatic N) is 2. The number of aryl methyl sites for hydroxylation is 1. The molecule has 0 spiro atoms. The third kappa shape index (κ3) is 4.72. The third-order valence-corrected chi connectivity index (χ3v) is 5.77. The summed E-state index contributed by atoms with van der Waals surface area (Å²) in [6.45, 7) is 6.12. The second-order valence-corrected chi connectivity index (χ2v) is 8.56. The van der Waals surface area contributed by atoms with Gasteiger partial charge in [-0.1, -0.05) is 42.5 Å². The second kappa shape index (κ2) is 8.18. The number of amides is 1. The summed E-state index contributed by atoms with van der Waals surface area (Å²) in [5.74, 6) is -0.220. The van der Waals surface area contributed by atoms with Crippen molar-refractivity contribution in [3.05, 3.63) is 82.7 Å². The average molecular weight is 413 g/mol. The van der Waals surface area contributed by atoms with Crippen LogP contribution in [0, 0.1) is 13.8 Å². The first-order chi connectivity index (χ1) is 13.7. The SMILES string of the molecule is Cc1nn(Cc2ccccc2)c(C)c1C(=O)NC(C)c1ccc(S(N)(=O)=O)cc1. The second-order valence-electron chi connectivity index (χ2n) is 7.00. The molecule has 3 rings (SSSR count). The zero-order chi connectivity index (χ0) is 21.2. The van der Waals surface area contributed by atoms with Gasteiger partial charge >= 0.3 is 0 Å². The van der Waals surface area contributed by atoms with Crippen LogP contribution in [0.5, 0.6) is 0 Å². The summed E-state index contributed by atoms with van der Waals surface area (Å²) < 4.78 is 24.6. The standard InChI is InChI=1S/C21H24N4O3S/c1-14(18-9-11-19(12-10-18)29(22,27)28)23-21(26)20-15(2)24-25(16(20)3)13-17-7-5-4-6-8-17/h4-12,14H,13H2,1-3H3,(H,23,26)(H2,22,27,28). The third-order valence-electron chi connectivity index (χ3n) is 4.84. The largest absolute Gasteiger partial charge is 0.345 e. The highest BCUT2D eigenvalue weighted by Crippen LogP contribution is 2.19. The number of carbonyl (C=O) groups is 1. The molecule has 0 radical (unpaired) electrons. The Labute approximate surface area is 170 Å². The number of primary sulfonamides is 1. The molecule has 0 aliphatic heterocycles. The van der Waals surface area contributed by atoms with Gasteiger partial charge in [0.1, 0.15) is 0 Å². The fraction of sp³-hybridized carbons (Fsp3) is 0.238. The van der Waals surface area contributed by atoms with E-state index in [0.717, 1.165) is 16.8 Å². The molecular weight excluding hydrogens is 388 g/mol. The molecule has 0 saturated carbocycles. The van der Waals surface area contributed by atoms with Gasteiger partial charge in [0.05, 0.1) is 28.7 Å². The Hall–Kier alpha value is -2.97. The lowest BCUT2D eigenvalue weighted by Crippen LogP contribution is -2.27. The van der Waals surface area contributed by atoms with E-state index >= 15 is 0 Å². The summed E-state index contributed by atoms with van der Waals surface area (Å²) in [6, 6.07) is 15.8. The number of carbonyl (C=O) groups excluding carboxylic acids is 1. The molecule has 1 heterocycles. The molecular formula is C21H24N4O3S. The van der Waals surface area contributed by atoms with Crippen LogP contribution in [0.3, 0.4) is 0 Å². The lowest BCUT2D eigenvalue weighted by atomic mass is 10.1. The zero-order valence-corrected chi connectivity index (χ0v) is 17.4. The minimum atomic E-state index is -3.74. The highest BCUT2D eigenvalue weighted by molar-refractivity contribution is 7.89. The van der Waals surface area contributed by atoms with Gasteiger partial charge in [-0.3, -0.25) is 9.48 Å². The molecule has 1 unspecified atom stereocenters. The normalized spacial score (nSPS) is 12.6. The lowest BCUT2D eigenvalue weighted by Gasteiger charge is -2.15. The number of hydrogen-bond acceptors (Lipinski definition) is 4. The molecule has 29 heavy (non-hydrogen) atoms. The summed E-state index contributed by atoms with van der Waals surface area (Å²) in [5, 5.41) is 12.6. The van der Waals surface area contributed by atoms with E-state index in [1.54, 1.807) is 12.1 Å². The molecule has 0 bridgehead atoms. The molecule has 1 atom stereocenters. The molecule has 152 valence electrons. The summed E-state index contributed by atoms with van der Waals surface area (Å²) >= 11 is 0. The quantitative estimate of drug-likeness (QED) is 0.649. The molecule has 1 aromatic heterocycles. The van der Waals surface area contributed by atoms with Crippen LogP contribution < -0.4 is 10.5 Å². The van der Waals surface area contributed by atoms with Crippen molar-refractivity contribution >= 4 is 15.9 Å². The van der Waals surface area contributed by atoms with Crippen LogP contribution in [-0.2, 0) is 16.6 Å². The van der Waals surface area contributed by atoms with Gasteiger partial charge in [-0.15, -0.1) is 0 Å². The summed E-state index contributed by atoms with van der Waals surface area (Å²) in [6.07, 6.45) is 0. The molecule has 0 saturated heterocycles. The number of hydrogen-bond donors (Lipinski definition) is 2. The van der Waals surface area contributed by atoms with E-state index in [-0.39, 0.29) is 16.8 Å². The summed E-state index contributed by atoms with van der Waals surface area (Å²) in [5.41, 5.74) is 3.88. The Morgan fingerprint density at radius 3 is 2.31 bits per heavy atom. The smallest absolute Gasteiger partial charge is 0.255 e. The number of nitrogens with one attached hydrogen (secondary N) is 1. The number of aromatic nitrogens is 2. The Balaban J connectivity index is 1.76. The number of sulfonamides is 1. The van der Waals surface area contributed by atoms with Crippen molar-refractivity contribution < 1.29 is 13.2 Å². The first kappa shape index (κ1) is 20.8. The van der Waals surface area contributed by atoms with Crippen molar-refractivity contribution in [3.8, 4) is 0 Å². The van der Waals surface area contributed by atoms with Crippen LogP contribution in [0.4, 0.5) is 0 Å². The van der Waals surface area contributed by atoms with E-state index in [9.17, 15) is 13.2 Å². The van der Waals surface area contributed by atoms with Gasteiger partial charge in [-0.25, -0.2) is 13.6 Å². The molecule has 7 nitrogen and oxygen atoms in total. The van der Waals surface area contributed by atoms with Crippen molar-refractivity contribution in [1.82, 2.24) is 15.1 Å². The Morgan fingerprint density at radius 2 is 1.72 bits per heavy atom. The molecule has 0 fully saturated rings. The monoisotopic (exact) mass is 412 g/mol. The van der Waals surface area contributed by atoms with Crippen LogP contribution in [0.25, 0.3) is 0 Å². The van der Waals surface area contributed by atoms with Gasteiger partial charge in [-0.2, -0.15) is 5.10 Å². The fourth-order valence-corrected chi connectivity index (χ4v) is 3.75. The van der Waals surface area contributed by atoms with Crippen molar-refractivity contribution in [2.24, 2.45) is 5.14 Å². The van der Waals surface area contributed by atoms with E-state index in [2.05, 4.69) is 10.4 Å². The maximum Gasteiger partial charge on any atom is 0.255 e. The minimum absolute atomic E-state index is 0.0358. The van der Waals surface area contributed by atoms with Gasteiger partial charge in [0, 0.05) is 5.69 Å². The zero-order valence-electron chi connectivity index (χ0n) is 16.6. The molecule has 3 aromatic rings. The van der Waals surface area contributed by atoms with Crippen molar-refractivity contribution in [2.75, 3.05) is 0 Å². The van der Waals surface area contributed by atoms with E-state index in [0.29, 0.717) is 17.8 Å². The molecule has 0 aliphatic carbocycles. The van der Waals surface area contributed by atoms with Gasteiger partial charge in [0.25, 0.3) is 5.91 Å². The Kier molecular flexibility index (Phi) is 5.86. The first-order valence-electron chi connectivity index (χ1n) is 9.18. The van der Waals surface area contributed by atoms with Crippen molar-refractivity contribution in [1.29, 1.82) is 0 Å². The summed E-state index contributed by atoms with van der Waals surface area (Å²) in [7, 11) is -3.74. The van der Waals surface area contributed by atoms with E-state index < -0.39 is 10.0 Å². The number of nitrogens with two attached hydrogens (primary N) is 1. The topological polar surface area (TPSA) is 107 Å². The lowest BCUT2D eigenvalue weighted by molar-refractivity contribution is 0.0938. The van der Waals surface area contributed by atoms with E-state index in [4.69, 9.17) is 5.14 Å². The highest BCUT2D eigenvalue weighted by atomic mass is 32.2. The number of benzene rings is 2. The molecule has 3 N–H and O–H groups in total. The van der Waals surface area contributed by atoms with Gasteiger partial charge in [0.2, 0.25) is 10.0 Å². The van der Waals surface area contributed by atoms with Crippen LogP contribution in [0.15, 0.2) is 59.5 Å². The highest BCUT2D eigenvalue weighted by Gasteiger charge is 2.21. The summed E-state index contributed by atoms with van der Waals surface area (Å²) in [4.78, 5) is 12.9. The van der Waals surface area contributed by atoms with Crippen LogP contribution in [0.1, 0.15) is 45.8 Å². The minimum Gasteiger partial charge on any atom is -0.345 e. The maximum atomic E-state index is 12.9. The van der Waals surface area contributed by atoms with Crippen LogP contribution in [-0.4, -0.2) is 24.1 Å². The van der Waals surface area contributed by atoms with Crippen molar-refractivity contribution in [2.45, 2.75) is 38.3 Å². The molecule has 2 aromatic carbocycles. The molecule has 8 heteroatoms. The first-order valence-corrected chi connectivity index (χ1v) is 10.7. The molecule has 0 aliphatic rings. The predicted molar refractivity (Wildman–Crippen MR) is 111 cm³/mol.